The van der Waals surface area contributed by atoms with Gasteiger partial charge >= 0.3 is 0 Å². The normalized spacial score (nSPS) is 15.0. The van der Waals surface area contributed by atoms with Gasteiger partial charge in [0.15, 0.2) is 0 Å². The van der Waals surface area contributed by atoms with Crippen molar-refractivity contribution in [3.63, 3.8) is 0 Å². The highest BCUT2D eigenvalue weighted by Gasteiger charge is 2.29. The molecule has 0 saturated heterocycles. The van der Waals surface area contributed by atoms with Crippen LogP contribution in [-0.4, -0.2) is 33.2 Å². The number of H-pyrrole nitrogens is 1. The molecular weight excluding hydrogens is 194 g/mol. The Morgan fingerprint density at radius 3 is 2.80 bits per heavy atom. The Balaban J connectivity index is 2.72. The maximum Gasteiger partial charge on any atom is 0.289 e. The predicted molar refractivity (Wildman–Crippen MR) is 56.1 cm³/mol. The highest BCUT2D eigenvalue weighted by Crippen LogP contribution is 2.14. The van der Waals surface area contributed by atoms with Gasteiger partial charge in [-0.05, 0) is 12.8 Å². The van der Waals surface area contributed by atoms with E-state index in [-0.39, 0.29) is 17.6 Å². The minimum Gasteiger partial charge on any atom is -0.343 e. The number of nitrogens with two attached hydrogens (primary N) is 1. The number of nitrogens with one attached hydrogen (secondary N) is 2. The largest absolute Gasteiger partial charge is 0.343 e. The average molecular weight is 211 g/mol. The van der Waals surface area contributed by atoms with Crippen LogP contribution in [0, 0.1) is 5.92 Å². The maximum atomic E-state index is 11.7. The van der Waals surface area contributed by atoms with Gasteiger partial charge in [-0.25, -0.2) is 4.98 Å². The van der Waals surface area contributed by atoms with Crippen LogP contribution in [0.4, 0.5) is 0 Å². The number of carbonyl (C=O) groups is 1. The van der Waals surface area contributed by atoms with Crippen molar-refractivity contribution < 1.29 is 4.79 Å². The second-order valence-electron chi connectivity index (χ2n) is 4.06. The first-order valence-electron chi connectivity index (χ1n) is 4.87. The van der Waals surface area contributed by atoms with E-state index in [1.54, 1.807) is 0 Å². The van der Waals surface area contributed by atoms with Crippen LogP contribution in [0.25, 0.3) is 0 Å². The number of amides is 1. The fourth-order valence-electron chi connectivity index (χ4n) is 1.06. The van der Waals surface area contributed by atoms with Gasteiger partial charge in [0.25, 0.3) is 5.91 Å². The predicted octanol–water partition coefficient (Wildman–Crippen LogP) is -0.0921. The summed E-state index contributed by atoms with van der Waals surface area (Å²) in [4.78, 5) is 15.5. The number of carbonyl (C=O) groups excluding carboxylic acids is 1. The summed E-state index contributed by atoms with van der Waals surface area (Å²) in [5.74, 6) is 0.166. The standard InChI is InChI=1S/C9H17N5O/c1-6(2)9(3,4-10)13-8(15)7-11-5-12-14-7/h5-6H,4,10H2,1-3H3,(H,13,15)(H,11,12,14). The highest BCUT2D eigenvalue weighted by molar-refractivity contribution is 5.90. The summed E-state index contributed by atoms with van der Waals surface area (Å²) < 4.78 is 0. The van der Waals surface area contributed by atoms with Crippen molar-refractivity contribution in [2.45, 2.75) is 26.3 Å². The minimum atomic E-state index is -0.427. The molecule has 1 atom stereocenters. The molecule has 1 rings (SSSR count). The molecule has 0 saturated carbocycles. The fraction of sp³-hybridized carbons (Fsp3) is 0.667. The van der Waals surface area contributed by atoms with Gasteiger partial charge in [-0.2, -0.15) is 5.10 Å². The van der Waals surface area contributed by atoms with E-state index in [1.807, 2.05) is 20.8 Å². The molecule has 0 radical (unpaired) electrons. The van der Waals surface area contributed by atoms with E-state index in [1.165, 1.54) is 6.33 Å². The molecule has 4 N–H and O–H groups in total. The van der Waals surface area contributed by atoms with E-state index in [9.17, 15) is 4.79 Å². The van der Waals surface area contributed by atoms with Gasteiger partial charge in [-0.3, -0.25) is 9.89 Å². The Kier molecular flexibility index (Phi) is 3.41. The first kappa shape index (κ1) is 11.6. The molecule has 0 bridgehead atoms. The number of hydrogen-bond acceptors (Lipinski definition) is 4. The first-order chi connectivity index (χ1) is 6.99. The Morgan fingerprint density at radius 1 is 1.73 bits per heavy atom. The fourth-order valence-corrected chi connectivity index (χ4v) is 1.06. The average Bonchev–Trinajstić information content (AvgIpc) is 2.70. The van der Waals surface area contributed by atoms with Crippen LogP contribution < -0.4 is 11.1 Å². The highest BCUT2D eigenvalue weighted by atomic mass is 16.2. The third-order valence-electron chi connectivity index (χ3n) is 2.73. The van der Waals surface area contributed by atoms with E-state index < -0.39 is 5.54 Å². The van der Waals surface area contributed by atoms with Crippen LogP contribution in [0.1, 0.15) is 31.4 Å². The Hall–Kier alpha value is -1.43. The van der Waals surface area contributed by atoms with Crippen LogP contribution in [0.3, 0.4) is 0 Å². The lowest BCUT2D eigenvalue weighted by atomic mass is 9.88. The van der Waals surface area contributed by atoms with E-state index in [2.05, 4.69) is 20.5 Å². The van der Waals surface area contributed by atoms with Gasteiger partial charge in [0.2, 0.25) is 5.82 Å². The zero-order chi connectivity index (χ0) is 11.5. The molecule has 1 aromatic rings. The first-order valence-corrected chi connectivity index (χ1v) is 4.87. The lowest BCUT2D eigenvalue weighted by molar-refractivity contribution is 0.0873. The molecule has 1 unspecified atom stereocenters. The number of nitrogens with zero attached hydrogens (tertiary/aromatic N) is 2. The minimum absolute atomic E-state index is 0.204. The molecule has 0 aliphatic carbocycles. The molecule has 15 heavy (non-hydrogen) atoms. The van der Waals surface area contributed by atoms with Crippen molar-refractivity contribution in [2.24, 2.45) is 11.7 Å². The summed E-state index contributed by atoms with van der Waals surface area (Å²) in [6, 6.07) is 0. The summed E-state index contributed by atoms with van der Waals surface area (Å²) >= 11 is 0. The molecule has 1 aromatic heterocycles. The molecule has 0 aliphatic rings. The summed E-state index contributed by atoms with van der Waals surface area (Å²) in [6.45, 7) is 6.30. The van der Waals surface area contributed by atoms with E-state index >= 15 is 0 Å². The van der Waals surface area contributed by atoms with E-state index in [4.69, 9.17) is 5.73 Å². The van der Waals surface area contributed by atoms with Crippen LogP contribution in [0.5, 0.6) is 0 Å². The molecule has 0 spiro atoms. The molecule has 0 fully saturated rings. The summed E-state index contributed by atoms with van der Waals surface area (Å²) in [5, 5.41) is 8.97. The van der Waals surface area contributed by atoms with Crippen molar-refractivity contribution >= 4 is 5.91 Å². The third-order valence-corrected chi connectivity index (χ3v) is 2.73. The molecular formula is C9H17N5O. The SMILES string of the molecule is CC(C)C(C)(CN)NC(=O)c1ncn[nH]1. The Bertz CT molecular complexity index is 321. The molecule has 1 amide bonds. The molecule has 6 heteroatoms. The van der Waals surface area contributed by atoms with Gasteiger partial charge in [0, 0.05) is 6.54 Å². The van der Waals surface area contributed by atoms with E-state index in [0.29, 0.717) is 6.54 Å². The van der Waals surface area contributed by atoms with Crippen LogP contribution in [0.15, 0.2) is 6.33 Å². The number of aromatic nitrogens is 3. The third kappa shape index (κ3) is 2.53. The number of rotatable bonds is 4. The van der Waals surface area contributed by atoms with Crippen molar-refractivity contribution in [1.29, 1.82) is 0 Å². The van der Waals surface area contributed by atoms with Crippen LogP contribution >= 0.6 is 0 Å². The van der Waals surface area contributed by atoms with Gasteiger partial charge < -0.3 is 11.1 Å². The molecule has 84 valence electrons. The molecule has 6 nitrogen and oxygen atoms in total. The molecule has 0 aromatic carbocycles. The second-order valence-corrected chi connectivity index (χ2v) is 4.06. The topological polar surface area (TPSA) is 96.7 Å². The number of aromatic amines is 1. The number of hydrogen-bond donors (Lipinski definition) is 3. The van der Waals surface area contributed by atoms with Crippen molar-refractivity contribution in [3.8, 4) is 0 Å². The second kappa shape index (κ2) is 4.39. The van der Waals surface area contributed by atoms with E-state index in [0.717, 1.165) is 0 Å². The van der Waals surface area contributed by atoms with Gasteiger partial charge in [0.1, 0.15) is 6.33 Å². The van der Waals surface area contributed by atoms with Crippen molar-refractivity contribution in [3.05, 3.63) is 12.2 Å². The zero-order valence-electron chi connectivity index (χ0n) is 9.24. The summed E-state index contributed by atoms with van der Waals surface area (Å²) in [5.41, 5.74) is 5.22. The maximum absolute atomic E-state index is 11.7. The summed E-state index contributed by atoms with van der Waals surface area (Å²) in [6.07, 6.45) is 1.30. The van der Waals surface area contributed by atoms with Crippen LogP contribution in [-0.2, 0) is 0 Å². The smallest absolute Gasteiger partial charge is 0.289 e. The van der Waals surface area contributed by atoms with Gasteiger partial charge in [0.05, 0.1) is 5.54 Å². The lowest BCUT2D eigenvalue weighted by Crippen LogP contribution is -2.55. The molecule has 0 aliphatic heterocycles. The van der Waals surface area contributed by atoms with Gasteiger partial charge in [-0.1, -0.05) is 13.8 Å². The summed E-state index contributed by atoms with van der Waals surface area (Å²) in [7, 11) is 0. The van der Waals surface area contributed by atoms with Gasteiger partial charge in [-0.15, -0.1) is 0 Å². The zero-order valence-corrected chi connectivity index (χ0v) is 9.24. The lowest BCUT2D eigenvalue weighted by Gasteiger charge is -2.33. The Labute approximate surface area is 88.7 Å². The quantitative estimate of drug-likeness (QED) is 0.648. The van der Waals surface area contributed by atoms with Crippen LogP contribution in [0.2, 0.25) is 0 Å². The Morgan fingerprint density at radius 2 is 2.40 bits per heavy atom. The monoisotopic (exact) mass is 211 g/mol. The van der Waals surface area contributed by atoms with Crippen molar-refractivity contribution in [2.75, 3.05) is 6.54 Å². The molecule has 1 heterocycles. The van der Waals surface area contributed by atoms with Crippen molar-refractivity contribution in [1.82, 2.24) is 20.5 Å².